The van der Waals surface area contributed by atoms with Crippen molar-refractivity contribution in [2.45, 2.75) is 29.2 Å². The Hall–Kier alpha value is -1.90. The lowest BCUT2D eigenvalue weighted by atomic mass is 10.4. The summed E-state index contributed by atoms with van der Waals surface area (Å²) >= 11 is 8.59. The maximum atomic E-state index is 11.8. The van der Waals surface area contributed by atoms with Crippen LogP contribution in [-0.2, 0) is 9.59 Å². The molecule has 0 saturated carbocycles. The molecule has 1 aromatic carbocycles. The highest BCUT2D eigenvalue weighted by molar-refractivity contribution is 8.14. The number of carbonyl (C=O) groups is 2. The van der Waals surface area contributed by atoms with Crippen molar-refractivity contribution in [2.24, 2.45) is 5.10 Å². The van der Waals surface area contributed by atoms with Crippen molar-refractivity contribution in [3.05, 3.63) is 47.2 Å². The summed E-state index contributed by atoms with van der Waals surface area (Å²) in [6, 6.07) is 11.1. The van der Waals surface area contributed by atoms with E-state index in [0.717, 1.165) is 4.90 Å². The molecule has 2 heterocycles. The van der Waals surface area contributed by atoms with Gasteiger partial charge >= 0.3 is 0 Å². The van der Waals surface area contributed by atoms with Crippen LogP contribution < -0.4 is 5.32 Å². The summed E-state index contributed by atoms with van der Waals surface area (Å²) in [6.45, 7) is 2.81. The van der Waals surface area contributed by atoms with Gasteiger partial charge in [0.2, 0.25) is 11.8 Å². The zero-order chi connectivity index (χ0) is 18.0. The van der Waals surface area contributed by atoms with E-state index in [0.29, 0.717) is 21.0 Å². The number of hydrazone groups is 1. The van der Waals surface area contributed by atoms with Gasteiger partial charge in [0.15, 0.2) is 15.6 Å². The van der Waals surface area contributed by atoms with Crippen LogP contribution in [0, 0.1) is 0 Å². The Morgan fingerprint density at radius 1 is 1.24 bits per heavy atom. The first-order valence-electron chi connectivity index (χ1n) is 7.28. The summed E-state index contributed by atoms with van der Waals surface area (Å²) in [5, 5.41) is 9.32. The van der Waals surface area contributed by atoms with Crippen molar-refractivity contribution in [3.63, 3.8) is 0 Å². The van der Waals surface area contributed by atoms with Crippen molar-refractivity contribution in [2.75, 3.05) is 0 Å². The minimum Gasteiger partial charge on any atom is -0.451 e. The zero-order valence-electron chi connectivity index (χ0n) is 13.4. The quantitative estimate of drug-likeness (QED) is 0.847. The molecule has 1 aliphatic rings. The number of thioether (sulfide) groups is 1. The van der Waals surface area contributed by atoms with E-state index < -0.39 is 5.37 Å². The Morgan fingerprint density at radius 2 is 1.96 bits per heavy atom. The fourth-order valence-corrected chi connectivity index (χ4v) is 4.08. The minimum atomic E-state index is -0.445. The minimum absolute atomic E-state index is 0.235. The molecule has 2 amide bonds. The lowest BCUT2D eigenvalue weighted by Crippen LogP contribution is -2.25. The third kappa shape index (κ3) is 4.39. The number of carbonyl (C=O) groups excluding carboxylic acids is 2. The molecule has 1 atom stereocenters. The van der Waals surface area contributed by atoms with Gasteiger partial charge in [0.25, 0.3) is 0 Å². The predicted molar refractivity (Wildman–Crippen MR) is 98.4 cm³/mol. The lowest BCUT2D eigenvalue weighted by Gasteiger charge is -2.16. The Labute approximate surface area is 158 Å². The number of benzene rings is 1. The molecule has 9 heteroatoms. The first kappa shape index (κ1) is 17.9. The van der Waals surface area contributed by atoms with Gasteiger partial charge in [0, 0.05) is 23.8 Å². The first-order valence-corrected chi connectivity index (χ1v) is 9.35. The number of hydrogen-bond donors (Lipinski definition) is 1. The van der Waals surface area contributed by atoms with Gasteiger partial charge in [-0.2, -0.15) is 0 Å². The van der Waals surface area contributed by atoms with E-state index >= 15 is 0 Å². The number of halogens is 1. The highest BCUT2D eigenvalue weighted by atomic mass is 35.5. The monoisotopic (exact) mass is 395 g/mol. The van der Waals surface area contributed by atoms with Crippen LogP contribution in [-0.4, -0.2) is 22.0 Å². The number of hydrogen-bond acceptors (Lipinski definition) is 6. The molecular weight excluding hydrogens is 382 g/mol. The van der Waals surface area contributed by atoms with Crippen LogP contribution in [0.1, 0.15) is 25.0 Å². The Kier molecular flexibility index (Phi) is 5.41. The molecule has 6 nitrogen and oxygen atoms in total. The van der Waals surface area contributed by atoms with Crippen LogP contribution in [0.15, 0.2) is 55.9 Å². The average molecular weight is 396 g/mol. The maximum Gasteiger partial charge on any atom is 0.241 e. The average Bonchev–Trinajstić information content (AvgIpc) is 3.16. The molecule has 0 saturated heterocycles. The molecule has 1 aromatic heterocycles. The highest BCUT2D eigenvalue weighted by Gasteiger charge is 2.34. The van der Waals surface area contributed by atoms with Crippen molar-refractivity contribution in [1.82, 2.24) is 10.3 Å². The SMILES string of the molecule is CC(=O)NC1=NN(C(C)=O)[C@H](c2ccc(Sc3ccc(Cl)cc3)o2)S1. The maximum absolute atomic E-state index is 11.8. The summed E-state index contributed by atoms with van der Waals surface area (Å²) in [4.78, 5) is 24.0. The van der Waals surface area contributed by atoms with Crippen LogP contribution in [0.5, 0.6) is 0 Å². The molecule has 0 spiro atoms. The molecule has 0 fully saturated rings. The molecule has 3 rings (SSSR count). The summed E-state index contributed by atoms with van der Waals surface area (Å²) in [7, 11) is 0. The molecule has 1 aliphatic heterocycles. The fourth-order valence-electron chi connectivity index (χ4n) is 2.09. The van der Waals surface area contributed by atoms with Gasteiger partial charge in [0.1, 0.15) is 5.76 Å². The van der Waals surface area contributed by atoms with Gasteiger partial charge in [-0.3, -0.25) is 9.59 Å². The van der Waals surface area contributed by atoms with Crippen molar-refractivity contribution < 1.29 is 14.0 Å². The number of furan rings is 1. The molecule has 130 valence electrons. The summed E-state index contributed by atoms with van der Waals surface area (Å²) in [5.41, 5.74) is 0. The zero-order valence-corrected chi connectivity index (χ0v) is 15.7. The predicted octanol–water partition coefficient (Wildman–Crippen LogP) is 4.09. The van der Waals surface area contributed by atoms with Gasteiger partial charge in [-0.25, -0.2) is 5.01 Å². The van der Waals surface area contributed by atoms with Crippen molar-refractivity contribution in [3.8, 4) is 0 Å². The highest BCUT2D eigenvalue weighted by Crippen LogP contribution is 2.41. The second kappa shape index (κ2) is 7.55. The molecule has 25 heavy (non-hydrogen) atoms. The van der Waals surface area contributed by atoms with Crippen LogP contribution in [0.25, 0.3) is 0 Å². The van der Waals surface area contributed by atoms with E-state index in [9.17, 15) is 9.59 Å². The van der Waals surface area contributed by atoms with Gasteiger partial charge in [-0.05, 0) is 36.4 Å². The largest absolute Gasteiger partial charge is 0.451 e. The Bertz CT molecular complexity index is 835. The summed E-state index contributed by atoms with van der Waals surface area (Å²) in [5.74, 6) is 0.107. The number of rotatable bonds is 3. The summed E-state index contributed by atoms with van der Waals surface area (Å²) in [6.07, 6.45) is 0. The van der Waals surface area contributed by atoms with Crippen molar-refractivity contribution in [1.29, 1.82) is 0 Å². The molecule has 0 unspecified atom stereocenters. The second-order valence-corrected chi connectivity index (χ2v) is 7.72. The third-order valence-corrected chi connectivity index (χ3v) is 5.37. The van der Waals surface area contributed by atoms with Gasteiger partial charge in [0.05, 0.1) is 0 Å². The number of amides is 2. The van der Waals surface area contributed by atoms with Gasteiger partial charge < -0.3 is 9.73 Å². The second-order valence-electron chi connectivity index (χ2n) is 5.13. The van der Waals surface area contributed by atoms with Gasteiger partial charge in [-0.15, -0.1) is 5.10 Å². The topological polar surface area (TPSA) is 74.9 Å². The van der Waals surface area contributed by atoms with Crippen LogP contribution in [0.3, 0.4) is 0 Å². The smallest absolute Gasteiger partial charge is 0.241 e. The molecule has 0 bridgehead atoms. The molecule has 0 radical (unpaired) electrons. The molecule has 0 aliphatic carbocycles. The molecule has 1 N–H and O–H groups in total. The van der Waals surface area contributed by atoms with Crippen LogP contribution in [0.4, 0.5) is 0 Å². The lowest BCUT2D eigenvalue weighted by molar-refractivity contribution is -0.129. The molecular formula is C16H14ClN3O3S2. The van der Waals surface area contributed by atoms with E-state index in [1.54, 1.807) is 6.07 Å². The van der Waals surface area contributed by atoms with E-state index in [1.165, 1.54) is 42.4 Å². The summed E-state index contributed by atoms with van der Waals surface area (Å²) < 4.78 is 5.86. The number of amidine groups is 1. The van der Waals surface area contributed by atoms with Crippen LogP contribution in [0.2, 0.25) is 5.02 Å². The standard InChI is InChI=1S/C16H14ClN3O3S2/c1-9(21)18-16-19-20(10(2)22)15(25-16)13-7-8-14(23-13)24-12-5-3-11(17)4-6-12/h3-8,15H,1-2H3,(H,18,19,21)/t15-/m0/s1. The normalized spacial score (nSPS) is 16.7. The number of nitrogens with one attached hydrogen (secondary N) is 1. The third-order valence-electron chi connectivity index (χ3n) is 3.13. The Balaban J connectivity index is 1.75. The van der Waals surface area contributed by atoms with E-state index in [2.05, 4.69) is 10.4 Å². The van der Waals surface area contributed by atoms with E-state index in [1.807, 2.05) is 30.3 Å². The molecule has 2 aromatic rings. The fraction of sp³-hybridized carbons (Fsp3) is 0.188. The van der Waals surface area contributed by atoms with E-state index in [-0.39, 0.29) is 11.8 Å². The van der Waals surface area contributed by atoms with Gasteiger partial charge in [-0.1, -0.05) is 35.1 Å². The van der Waals surface area contributed by atoms with Crippen LogP contribution >= 0.6 is 35.1 Å². The first-order chi connectivity index (χ1) is 11.9. The van der Waals surface area contributed by atoms with E-state index in [4.69, 9.17) is 16.0 Å². The Morgan fingerprint density at radius 3 is 2.60 bits per heavy atom. The van der Waals surface area contributed by atoms with Crippen molar-refractivity contribution >= 4 is 52.1 Å². The number of nitrogens with zero attached hydrogens (tertiary/aromatic N) is 2.